The molecular weight excluding hydrogens is 502 g/mol. The molecule has 0 aliphatic carbocycles. The van der Waals surface area contributed by atoms with Crippen LogP contribution >= 0.6 is 0 Å². The predicted octanol–water partition coefficient (Wildman–Crippen LogP) is 6.83. The van der Waals surface area contributed by atoms with E-state index < -0.39 is 4.92 Å². The van der Waals surface area contributed by atoms with Crippen LogP contribution in [-0.4, -0.2) is 21.5 Å². The molecule has 196 valence electrons. The highest BCUT2D eigenvalue weighted by Crippen LogP contribution is 2.25. The summed E-state index contributed by atoms with van der Waals surface area (Å²) in [5.41, 5.74) is 7.74. The molecule has 0 saturated heterocycles. The largest absolute Gasteiger partial charge is 0.279 e. The van der Waals surface area contributed by atoms with Crippen LogP contribution in [0, 0.1) is 10.1 Å². The van der Waals surface area contributed by atoms with Gasteiger partial charge in [-0.15, -0.1) is 0 Å². The monoisotopic (exact) mass is 527 g/mol. The Bertz CT molecular complexity index is 1710. The lowest BCUT2D eigenvalue weighted by molar-refractivity contribution is -0.384. The number of nitrogens with zero attached hydrogens (tertiary/aromatic N) is 4. The molecule has 1 aromatic heterocycles. The van der Waals surface area contributed by atoms with Crippen molar-refractivity contribution in [3.05, 3.63) is 153 Å². The molecule has 0 fully saturated rings. The van der Waals surface area contributed by atoms with Crippen LogP contribution in [0.5, 0.6) is 0 Å². The number of rotatable bonds is 9. The topological polar surface area (TPSA) is 102 Å². The van der Waals surface area contributed by atoms with Gasteiger partial charge < -0.3 is 0 Å². The van der Waals surface area contributed by atoms with Gasteiger partial charge in [0, 0.05) is 36.4 Å². The summed E-state index contributed by atoms with van der Waals surface area (Å²) >= 11 is 0. The Balaban J connectivity index is 1.60. The number of nitro groups is 1. The Morgan fingerprint density at radius 2 is 1.38 bits per heavy atom. The van der Waals surface area contributed by atoms with Crippen LogP contribution in [-0.2, 0) is 0 Å². The Labute approximate surface area is 230 Å². The van der Waals surface area contributed by atoms with E-state index >= 15 is 0 Å². The fourth-order valence-corrected chi connectivity index (χ4v) is 4.16. The van der Waals surface area contributed by atoms with E-state index in [0.29, 0.717) is 17.0 Å². The third-order valence-corrected chi connectivity index (χ3v) is 6.16. The first-order valence-corrected chi connectivity index (χ1v) is 12.6. The summed E-state index contributed by atoms with van der Waals surface area (Å²) in [7, 11) is 0. The van der Waals surface area contributed by atoms with Crippen LogP contribution in [0.2, 0.25) is 0 Å². The van der Waals surface area contributed by atoms with Gasteiger partial charge in [-0.3, -0.25) is 20.3 Å². The van der Waals surface area contributed by atoms with E-state index in [1.54, 1.807) is 24.4 Å². The van der Waals surface area contributed by atoms with Gasteiger partial charge in [-0.2, -0.15) is 14.9 Å². The number of hydrogen-bond acceptors (Lipinski definition) is 6. The summed E-state index contributed by atoms with van der Waals surface area (Å²) in [5.74, 6) is 0. The molecule has 0 aliphatic heterocycles. The summed E-state index contributed by atoms with van der Waals surface area (Å²) < 4.78 is 1.37. The molecular formula is C32H25N5O3. The Hall–Kier alpha value is -5.63. The molecule has 0 amide bonds. The molecule has 8 heteroatoms. The maximum Gasteiger partial charge on any atom is 0.272 e. The number of aromatic nitrogens is 1. The summed E-state index contributed by atoms with van der Waals surface area (Å²) in [6.07, 6.45) is 1.91. The van der Waals surface area contributed by atoms with Crippen molar-refractivity contribution in [3.63, 3.8) is 0 Å². The van der Waals surface area contributed by atoms with Gasteiger partial charge in [-0.05, 0) is 47.0 Å². The molecule has 5 aromatic rings. The van der Waals surface area contributed by atoms with E-state index in [0.717, 1.165) is 22.4 Å². The van der Waals surface area contributed by atoms with Crippen molar-refractivity contribution in [2.24, 2.45) is 10.2 Å². The van der Waals surface area contributed by atoms with Gasteiger partial charge in [-0.25, -0.2) is 0 Å². The van der Waals surface area contributed by atoms with Gasteiger partial charge in [0.25, 0.3) is 11.2 Å². The Kier molecular flexibility index (Phi) is 7.98. The van der Waals surface area contributed by atoms with Crippen LogP contribution < -0.4 is 11.0 Å². The number of hydrogen-bond donors (Lipinski definition) is 1. The third kappa shape index (κ3) is 6.25. The van der Waals surface area contributed by atoms with Crippen molar-refractivity contribution in [1.29, 1.82) is 0 Å². The molecule has 0 saturated carbocycles. The molecule has 8 nitrogen and oxygen atoms in total. The summed E-state index contributed by atoms with van der Waals surface area (Å²) in [5, 5.41) is 20.3. The van der Waals surface area contributed by atoms with Crippen molar-refractivity contribution < 1.29 is 4.92 Å². The second kappa shape index (κ2) is 12.3. The molecule has 0 bridgehead atoms. The quantitative estimate of drug-likeness (QED) is 0.129. The van der Waals surface area contributed by atoms with Gasteiger partial charge in [0.05, 0.1) is 22.0 Å². The summed E-state index contributed by atoms with van der Waals surface area (Å²) in [4.78, 5) is 24.3. The smallest absolute Gasteiger partial charge is 0.272 e. The lowest BCUT2D eigenvalue weighted by Gasteiger charge is -2.13. The fourth-order valence-electron chi connectivity index (χ4n) is 4.16. The van der Waals surface area contributed by atoms with Crippen molar-refractivity contribution in [3.8, 4) is 22.4 Å². The van der Waals surface area contributed by atoms with Crippen LogP contribution in [0.3, 0.4) is 0 Å². The van der Waals surface area contributed by atoms with Crippen LogP contribution in [0.25, 0.3) is 22.4 Å². The Morgan fingerprint density at radius 3 is 2.00 bits per heavy atom. The second-order valence-corrected chi connectivity index (χ2v) is 8.86. The normalized spacial score (nSPS) is 11.4. The molecule has 1 N–H and O–H groups in total. The minimum absolute atomic E-state index is 0.0307. The van der Waals surface area contributed by atoms with Crippen LogP contribution in [0.4, 0.5) is 11.4 Å². The zero-order chi connectivity index (χ0) is 27.7. The van der Waals surface area contributed by atoms with Crippen LogP contribution in [0.15, 0.2) is 142 Å². The molecule has 4 aromatic carbocycles. The third-order valence-electron chi connectivity index (χ3n) is 6.16. The van der Waals surface area contributed by atoms with Gasteiger partial charge in [0.15, 0.2) is 0 Å². The molecule has 0 atom stereocenters. The molecule has 1 heterocycles. The van der Waals surface area contributed by atoms with E-state index in [1.165, 1.54) is 16.8 Å². The highest BCUT2D eigenvalue weighted by molar-refractivity contribution is 6.07. The summed E-state index contributed by atoms with van der Waals surface area (Å²) in [6.45, 7) is 0. The van der Waals surface area contributed by atoms with Crippen molar-refractivity contribution in [2.45, 2.75) is 6.42 Å². The number of benzene rings is 4. The van der Waals surface area contributed by atoms with Gasteiger partial charge >= 0.3 is 0 Å². The van der Waals surface area contributed by atoms with Gasteiger partial charge in [0.2, 0.25) is 0 Å². The zero-order valence-corrected chi connectivity index (χ0v) is 21.4. The fraction of sp³-hybridized carbons (Fsp3) is 0.0312. The highest BCUT2D eigenvalue weighted by atomic mass is 16.6. The van der Waals surface area contributed by atoms with E-state index in [9.17, 15) is 14.9 Å². The van der Waals surface area contributed by atoms with Crippen LogP contribution in [0.1, 0.15) is 12.0 Å². The number of anilines is 1. The number of nitrogens with one attached hydrogen (secondary N) is 1. The lowest BCUT2D eigenvalue weighted by atomic mass is 10.0. The number of non-ortho nitro benzene ring substituents is 1. The molecule has 0 spiro atoms. The first-order valence-electron chi connectivity index (χ1n) is 12.6. The Morgan fingerprint density at radius 1 is 0.775 bits per heavy atom. The van der Waals surface area contributed by atoms with E-state index in [4.69, 9.17) is 5.10 Å². The minimum atomic E-state index is -0.452. The number of pyridine rings is 1. The maximum atomic E-state index is 13.6. The highest BCUT2D eigenvalue weighted by Gasteiger charge is 2.13. The average Bonchev–Trinajstić information content (AvgIpc) is 3.00. The van der Waals surface area contributed by atoms with Crippen molar-refractivity contribution >= 4 is 23.3 Å². The molecule has 40 heavy (non-hydrogen) atoms. The molecule has 0 radical (unpaired) electrons. The van der Waals surface area contributed by atoms with Gasteiger partial charge in [0.1, 0.15) is 0 Å². The molecule has 0 aliphatic rings. The van der Waals surface area contributed by atoms with Crippen molar-refractivity contribution in [2.75, 3.05) is 5.43 Å². The van der Waals surface area contributed by atoms with Crippen molar-refractivity contribution in [1.82, 2.24) is 4.68 Å². The van der Waals surface area contributed by atoms with E-state index in [1.807, 2.05) is 97.1 Å². The molecule has 0 unspecified atom stereocenters. The maximum absolute atomic E-state index is 13.6. The minimum Gasteiger partial charge on any atom is -0.279 e. The predicted molar refractivity (Wildman–Crippen MR) is 160 cm³/mol. The number of hydrazone groups is 1. The standard InChI is InChI=1S/C32H25N5O3/c38-32-23-27(24-10-4-1-5-11-24)22-31(26-12-6-2-7-13-26)36(32)35-30(25-16-18-29(19-17-25)37(39)40)20-21-33-34-28-14-8-3-9-15-28/h1-19,21-23,34H,20H2/b33-21+,35-30+. The molecule has 5 rings (SSSR count). The second-order valence-electron chi connectivity index (χ2n) is 8.86. The zero-order valence-electron chi connectivity index (χ0n) is 21.4. The number of para-hydroxylation sites is 1. The van der Waals surface area contributed by atoms with Gasteiger partial charge in [-0.1, -0.05) is 78.9 Å². The van der Waals surface area contributed by atoms with E-state index in [-0.39, 0.29) is 17.7 Å². The summed E-state index contributed by atoms with van der Waals surface area (Å²) in [6, 6.07) is 38.3. The lowest BCUT2D eigenvalue weighted by Crippen LogP contribution is -2.20. The SMILES string of the molecule is O=c1cc(-c2ccccc2)cc(-c2ccccc2)n1/N=C(\C/C=N/Nc1ccccc1)c1ccc([N+](=O)[O-])cc1. The average molecular weight is 528 g/mol. The first kappa shape index (κ1) is 26.0. The number of nitro benzene ring substituents is 1. The first-order chi connectivity index (χ1) is 19.6. The van der Waals surface area contributed by atoms with E-state index in [2.05, 4.69) is 10.5 Å².